The van der Waals surface area contributed by atoms with Gasteiger partial charge in [-0.25, -0.2) is 4.98 Å². The van der Waals surface area contributed by atoms with Crippen molar-refractivity contribution >= 4 is 11.0 Å². The van der Waals surface area contributed by atoms with Crippen molar-refractivity contribution in [3.8, 4) is 23.0 Å². The third-order valence-electron chi connectivity index (χ3n) is 2.77. The molecule has 3 rings (SSSR count). The van der Waals surface area contributed by atoms with Crippen LogP contribution < -0.4 is 5.43 Å². The summed E-state index contributed by atoms with van der Waals surface area (Å²) in [5, 5.41) is 18.8. The molecule has 19 heavy (non-hydrogen) atoms. The number of fused-ring (bicyclic) bond motifs is 1. The molecule has 0 atom stereocenters. The van der Waals surface area contributed by atoms with Crippen LogP contribution in [0.4, 0.5) is 0 Å². The number of phenolic OH excluding ortho intramolecular Hbond substituents is 1. The van der Waals surface area contributed by atoms with E-state index in [1.165, 1.54) is 30.5 Å². The molecule has 0 aliphatic heterocycles. The zero-order valence-electron chi connectivity index (χ0n) is 9.70. The average Bonchev–Trinajstić information content (AvgIpc) is 2.39. The van der Waals surface area contributed by atoms with Crippen LogP contribution in [0, 0.1) is 0 Å². The number of aromatic nitrogens is 1. The summed E-state index contributed by atoms with van der Waals surface area (Å²) in [6.07, 6.45) is 1.36. The first-order chi connectivity index (χ1) is 9.15. The second kappa shape index (κ2) is 4.13. The van der Waals surface area contributed by atoms with Crippen molar-refractivity contribution < 1.29 is 14.6 Å². The molecular formula is C14H9NO4. The minimum atomic E-state index is -0.366. The fourth-order valence-electron chi connectivity index (χ4n) is 1.86. The molecule has 0 aliphatic carbocycles. The summed E-state index contributed by atoms with van der Waals surface area (Å²) in [5.41, 5.74) is 0.561. The molecule has 2 aromatic heterocycles. The quantitative estimate of drug-likeness (QED) is 0.696. The fraction of sp³-hybridized carbons (Fsp3) is 0. The molecule has 0 spiro atoms. The highest BCUT2D eigenvalue weighted by Gasteiger charge is 2.10. The Labute approximate surface area is 107 Å². The molecule has 3 aromatic rings. The normalized spacial score (nSPS) is 10.7. The summed E-state index contributed by atoms with van der Waals surface area (Å²) < 4.78 is 5.57. The van der Waals surface area contributed by atoms with Crippen LogP contribution in [-0.2, 0) is 0 Å². The highest BCUT2D eigenvalue weighted by Crippen LogP contribution is 2.25. The van der Waals surface area contributed by atoms with Gasteiger partial charge in [-0.1, -0.05) is 0 Å². The number of rotatable bonds is 1. The molecule has 2 heterocycles. The van der Waals surface area contributed by atoms with Gasteiger partial charge in [-0.15, -0.1) is 0 Å². The maximum Gasteiger partial charge on any atom is 0.226 e. The maximum atomic E-state index is 12.0. The van der Waals surface area contributed by atoms with Crippen LogP contribution >= 0.6 is 0 Å². The van der Waals surface area contributed by atoms with Crippen LogP contribution in [0.5, 0.6) is 11.6 Å². The molecule has 0 saturated heterocycles. The van der Waals surface area contributed by atoms with Gasteiger partial charge in [0.1, 0.15) is 22.5 Å². The Bertz CT molecular complexity index is 806. The molecule has 94 valence electrons. The number of hydrogen-bond acceptors (Lipinski definition) is 5. The molecule has 2 N–H and O–H groups in total. The van der Waals surface area contributed by atoms with Crippen molar-refractivity contribution in [3.63, 3.8) is 0 Å². The summed E-state index contributed by atoms with van der Waals surface area (Å²) in [4.78, 5) is 15.6. The summed E-state index contributed by atoms with van der Waals surface area (Å²) in [5.74, 6) is 0.153. The molecule has 0 fully saturated rings. The molecule has 5 heteroatoms. The number of pyridine rings is 1. The smallest absolute Gasteiger partial charge is 0.226 e. The van der Waals surface area contributed by atoms with E-state index in [0.717, 1.165) is 0 Å². The predicted molar refractivity (Wildman–Crippen MR) is 69.0 cm³/mol. The van der Waals surface area contributed by atoms with E-state index in [0.29, 0.717) is 11.3 Å². The molecule has 5 nitrogen and oxygen atoms in total. The maximum absolute atomic E-state index is 12.0. The number of aromatic hydroxyl groups is 2. The van der Waals surface area contributed by atoms with Crippen LogP contribution in [0.3, 0.4) is 0 Å². The van der Waals surface area contributed by atoms with E-state index in [9.17, 15) is 15.0 Å². The van der Waals surface area contributed by atoms with Crippen molar-refractivity contribution in [2.24, 2.45) is 0 Å². The second-order valence-electron chi connectivity index (χ2n) is 4.03. The molecule has 0 unspecified atom stereocenters. The molecule has 0 saturated carbocycles. The van der Waals surface area contributed by atoms with Crippen molar-refractivity contribution in [1.82, 2.24) is 4.98 Å². The number of phenols is 1. The Morgan fingerprint density at radius 3 is 2.53 bits per heavy atom. The predicted octanol–water partition coefficient (Wildman–Crippen LogP) is 2.27. The zero-order chi connectivity index (χ0) is 13.4. The Hall–Kier alpha value is -2.82. The summed E-state index contributed by atoms with van der Waals surface area (Å²) >= 11 is 0. The Kier molecular flexibility index (Phi) is 2.45. The minimum Gasteiger partial charge on any atom is -0.508 e. The molecule has 0 radical (unpaired) electrons. The topological polar surface area (TPSA) is 83.6 Å². The van der Waals surface area contributed by atoms with Crippen molar-refractivity contribution in [3.05, 3.63) is 52.8 Å². The lowest BCUT2D eigenvalue weighted by atomic mass is 10.1. The molecule has 0 amide bonds. The highest BCUT2D eigenvalue weighted by molar-refractivity contribution is 5.82. The van der Waals surface area contributed by atoms with Gasteiger partial charge in [0.2, 0.25) is 5.88 Å². The fourth-order valence-corrected chi connectivity index (χ4v) is 1.86. The Morgan fingerprint density at radius 1 is 1.05 bits per heavy atom. The molecular weight excluding hydrogens is 246 g/mol. The summed E-state index contributed by atoms with van der Waals surface area (Å²) in [6.45, 7) is 0. The third-order valence-corrected chi connectivity index (χ3v) is 2.77. The van der Waals surface area contributed by atoms with Crippen LogP contribution in [-0.4, -0.2) is 15.2 Å². The van der Waals surface area contributed by atoms with E-state index in [-0.39, 0.29) is 28.0 Å². The van der Waals surface area contributed by atoms with Gasteiger partial charge in [0.25, 0.3) is 0 Å². The van der Waals surface area contributed by atoms with Crippen molar-refractivity contribution in [2.75, 3.05) is 0 Å². The van der Waals surface area contributed by atoms with E-state index in [1.54, 1.807) is 12.1 Å². The van der Waals surface area contributed by atoms with Crippen LogP contribution in [0.25, 0.3) is 22.3 Å². The lowest BCUT2D eigenvalue weighted by molar-refractivity contribution is 0.458. The Balaban J connectivity index is 2.27. The minimum absolute atomic E-state index is 0.0602. The van der Waals surface area contributed by atoms with Gasteiger partial charge in [0.05, 0.1) is 0 Å². The van der Waals surface area contributed by atoms with Gasteiger partial charge in [-0.3, -0.25) is 4.79 Å². The van der Waals surface area contributed by atoms with Gasteiger partial charge in [0.15, 0.2) is 5.43 Å². The highest BCUT2D eigenvalue weighted by atomic mass is 16.3. The van der Waals surface area contributed by atoms with E-state index in [2.05, 4.69) is 4.98 Å². The lowest BCUT2D eigenvalue weighted by Gasteiger charge is -2.03. The van der Waals surface area contributed by atoms with Crippen molar-refractivity contribution in [2.45, 2.75) is 0 Å². The van der Waals surface area contributed by atoms with Gasteiger partial charge >= 0.3 is 0 Å². The van der Waals surface area contributed by atoms with Crippen LogP contribution in [0.1, 0.15) is 0 Å². The number of benzene rings is 1. The standard InChI is InChI=1S/C14H9NO4/c16-9-3-1-8(2-4-9)12-7-10(17)13-11(19-12)5-6-15-14(13)18/h1-7,16H,(H,15,18). The SMILES string of the molecule is O=c1cc(-c2ccc(O)cc2)oc2ccnc(O)c12. The number of nitrogens with zero attached hydrogens (tertiary/aromatic N) is 1. The zero-order valence-corrected chi connectivity index (χ0v) is 9.70. The largest absolute Gasteiger partial charge is 0.508 e. The van der Waals surface area contributed by atoms with Crippen LogP contribution in [0.15, 0.2) is 51.8 Å². The first-order valence-electron chi connectivity index (χ1n) is 5.56. The van der Waals surface area contributed by atoms with Gasteiger partial charge in [-0.2, -0.15) is 0 Å². The molecule has 0 bridgehead atoms. The molecule has 0 aliphatic rings. The van der Waals surface area contributed by atoms with Crippen molar-refractivity contribution in [1.29, 1.82) is 0 Å². The van der Waals surface area contributed by atoms with Gasteiger partial charge < -0.3 is 14.6 Å². The van der Waals surface area contributed by atoms with E-state index in [1.807, 2.05) is 0 Å². The van der Waals surface area contributed by atoms with E-state index >= 15 is 0 Å². The molecule has 1 aromatic carbocycles. The Morgan fingerprint density at radius 2 is 1.79 bits per heavy atom. The monoisotopic (exact) mass is 255 g/mol. The summed E-state index contributed by atoms with van der Waals surface area (Å²) in [7, 11) is 0. The average molecular weight is 255 g/mol. The number of hydrogen-bond donors (Lipinski definition) is 2. The first-order valence-corrected chi connectivity index (χ1v) is 5.56. The van der Waals surface area contributed by atoms with Gasteiger partial charge in [-0.05, 0) is 24.3 Å². The van der Waals surface area contributed by atoms with Crippen LogP contribution in [0.2, 0.25) is 0 Å². The first kappa shape index (κ1) is 11.3. The third kappa shape index (κ3) is 1.91. The summed E-state index contributed by atoms with van der Waals surface area (Å²) in [6, 6.07) is 9.09. The second-order valence-corrected chi connectivity index (χ2v) is 4.03. The van der Waals surface area contributed by atoms with E-state index in [4.69, 9.17) is 4.42 Å². The lowest BCUT2D eigenvalue weighted by Crippen LogP contribution is -2.01. The van der Waals surface area contributed by atoms with Gasteiger partial charge in [0, 0.05) is 23.9 Å². The van der Waals surface area contributed by atoms with E-state index < -0.39 is 0 Å².